The van der Waals surface area contributed by atoms with Crippen LogP contribution in [0.3, 0.4) is 0 Å². The van der Waals surface area contributed by atoms with Crippen molar-refractivity contribution in [3.8, 4) is 0 Å². The van der Waals surface area contributed by atoms with Gasteiger partial charge in [-0.05, 0) is 47.6 Å². The van der Waals surface area contributed by atoms with E-state index in [1.54, 1.807) is 26.8 Å². The topological polar surface area (TPSA) is 74.4 Å². The van der Waals surface area contributed by atoms with Gasteiger partial charge in [-0.1, -0.05) is 6.58 Å². The van der Waals surface area contributed by atoms with Crippen molar-refractivity contribution >= 4 is 11.9 Å². The van der Waals surface area contributed by atoms with E-state index in [4.69, 9.17) is 18.9 Å². The van der Waals surface area contributed by atoms with E-state index < -0.39 is 23.0 Å². The Morgan fingerprint density at radius 3 is 2.12 bits per heavy atom. The molecule has 3 atom stereocenters. The molecule has 0 bridgehead atoms. The molecule has 1 saturated heterocycles. The average molecular weight is 356 g/mol. The van der Waals surface area contributed by atoms with Crippen molar-refractivity contribution in [1.29, 1.82) is 0 Å². The van der Waals surface area contributed by atoms with Crippen LogP contribution in [-0.4, -0.2) is 50.1 Å². The number of hydrogen-bond acceptors (Lipinski definition) is 6. The highest BCUT2D eigenvalue weighted by molar-refractivity contribution is 5.76. The van der Waals surface area contributed by atoms with Crippen LogP contribution in [0.2, 0.25) is 0 Å². The van der Waals surface area contributed by atoms with Crippen molar-refractivity contribution in [2.75, 3.05) is 19.8 Å². The summed E-state index contributed by atoms with van der Waals surface area (Å²) in [7, 11) is 0. The van der Waals surface area contributed by atoms with Crippen LogP contribution in [0.5, 0.6) is 0 Å². The van der Waals surface area contributed by atoms with Crippen LogP contribution in [0, 0.1) is 10.8 Å². The fraction of sp³-hybridized carbons (Fsp3) is 0.789. The van der Waals surface area contributed by atoms with Gasteiger partial charge in [-0.25, -0.2) is 0 Å². The Kier molecular flexibility index (Phi) is 7.62. The molecule has 1 fully saturated rings. The van der Waals surface area contributed by atoms with Crippen molar-refractivity contribution in [3.05, 3.63) is 12.7 Å². The summed E-state index contributed by atoms with van der Waals surface area (Å²) < 4.78 is 21.9. The Balaban J connectivity index is 2.44. The summed E-state index contributed by atoms with van der Waals surface area (Å²) in [4.78, 5) is 23.8. The number of esters is 2. The Morgan fingerprint density at radius 2 is 1.68 bits per heavy atom. The van der Waals surface area contributed by atoms with E-state index >= 15 is 0 Å². The first-order valence-electron chi connectivity index (χ1n) is 8.71. The minimum atomic E-state index is -0.600. The minimum absolute atomic E-state index is 0.104. The molecule has 0 amide bonds. The molecular weight excluding hydrogens is 324 g/mol. The van der Waals surface area contributed by atoms with E-state index in [-0.39, 0.29) is 24.6 Å². The summed E-state index contributed by atoms with van der Waals surface area (Å²) in [6, 6.07) is 0. The maximum Gasteiger partial charge on any atom is 0.311 e. The molecule has 0 spiro atoms. The van der Waals surface area contributed by atoms with Crippen LogP contribution in [-0.2, 0) is 28.5 Å². The summed E-state index contributed by atoms with van der Waals surface area (Å²) in [5, 5.41) is 0. The number of carbonyl (C=O) groups is 2. The number of epoxide rings is 1. The van der Waals surface area contributed by atoms with Gasteiger partial charge in [-0.3, -0.25) is 9.59 Å². The van der Waals surface area contributed by atoms with Crippen LogP contribution in [0.25, 0.3) is 0 Å². The molecule has 0 aromatic rings. The normalized spacial score (nSPS) is 19.7. The number of hydrogen-bond donors (Lipinski definition) is 0. The molecule has 0 radical (unpaired) electrons. The van der Waals surface area contributed by atoms with Gasteiger partial charge in [0.15, 0.2) is 0 Å². The summed E-state index contributed by atoms with van der Waals surface area (Å²) in [6.07, 6.45) is 1.05. The lowest BCUT2D eigenvalue weighted by Gasteiger charge is -2.27. The molecule has 0 aromatic heterocycles. The maximum absolute atomic E-state index is 12.1. The lowest BCUT2D eigenvalue weighted by molar-refractivity contribution is -0.164. The smallest absolute Gasteiger partial charge is 0.311 e. The van der Waals surface area contributed by atoms with Crippen LogP contribution in [0.1, 0.15) is 48.0 Å². The van der Waals surface area contributed by atoms with Gasteiger partial charge in [-0.15, -0.1) is 0 Å². The standard InChI is InChI=1S/C19H32O6/c1-8-13(25-17(21)19(5,6)7)15(14-12-24-14)22-10-9-11-23-16(20)18(2,3)4/h8,13-15H,1,9-12H2,2-7H3/t13?,14-,15-/m1/s1. The fourth-order valence-corrected chi connectivity index (χ4v) is 1.87. The average Bonchev–Trinajstić information content (AvgIpc) is 3.31. The van der Waals surface area contributed by atoms with Crippen LogP contribution < -0.4 is 0 Å². The van der Waals surface area contributed by atoms with Crippen LogP contribution in [0.4, 0.5) is 0 Å². The van der Waals surface area contributed by atoms with E-state index in [0.29, 0.717) is 19.6 Å². The van der Waals surface area contributed by atoms with Gasteiger partial charge in [0.1, 0.15) is 18.3 Å². The highest BCUT2D eigenvalue weighted by Crippen LogP contribution is 2.25. The van der Waals surface area contributed by atoms with Crippen molar-refractivity contribution in [2.45, 2.75) is 66.3 Å². The van der Waals surface area contributed by atoms with E-state index in [1.807, 2.05) is 20.8 Å². The molecule has 6 nitrogen and oxygen atoms in total. The van der Waals surface area contributed by atoms with Gasteiger partial charge in [0.2, 0.25) is 0 Å². The first kappa shape index (κ1) is 21.6. The summed E-state index contributed by atoms with van der Waals surface area (Å²) in [5.74, 6) is -0.552. The molecule has 0 N–H and O–H groups in total. The van der Waals surface area contributed by atoms with Crippen LogP contribution in [0.15, 0.2) is 12.7 Å². The van der Waals surface area contributed by atoms with Crippen molar-refractivity contribution < 1.29 is 28.5 Å². The molecule has 0 saturated carbocycles. The Hall–Kier alpha value is -1.40. The summed E-state index contributed by atoms with van der Waals surface area (Å²) in [5.41, 5.74) is -1.11. The van der Waals surface area contributed by atoms with E-state index in [0.717, 1.165) is 0 Å². The quantitative estimate of drug-likeness (QED) is 0.274. The molecule has 25 heavy (non-hydrogen) atoms. The van der Waals surface area contributed by atoms with Crippen molar-refractivity contribution in [3.63, 3.8) is 0 Å². The zero-order valence-corrected chi connectivity index (χ0v) is 16.3. The molecular formula is C19H32O6. The fourth-order valence-electron chi connectivity index (χ4n) is 1.87. The first-order valence-corrected chi connectivity index (χ1v) is 8.71. The SMILES string of the molecule is C=CC(OC(=O)C(C)(C)C)[C@@H](OCCCOC(=O)C(C)(C)C)[C@H]1CO1. The van der Waals surface area contributed by atoms with Crippen LogP contribution >= 0.6 is 0 Å². The Bertz CT molecular complexity index is 467. The second-order valence-corrected chi connectivity index (χ2v) is 8.30. The third kappa shape index (κ3) is 7.57. The molecule has 1 heterocycles. The van der Waals surface area contributed by atoms with Gasteiger partial charge in [0.25, 0.3) is 0 Å². The molecule has 0 aromatic carbocycles. The third-order valence-corrected chi connectivity index (χ3v) is 3.58. The Morgan fingerprint density at radius 1 is 1.12 bits per heavy atom. The predicted molar refractivity (Wildman–Crippen MR) is 94.0 cm³/mol. The molecule has 1 aliphatic rings. The second-order valence-electron chi connectivity index (χ2n) is 8.30. The second kappa shape index (κ2) is 8.81. The molecule has 1 aliphatic heterocycles. The largest absolute Gasteiger partial charge is 0.465 e. The summed E-state index contributed by atoms with van der Waals surface area (Å²) >= 11 is 0. The first-order chi connectivity index (χ1) is 11.5. The molecule has 6 heteroatoms. The third-order valence-electron chi connectivity index (χ3n) is 3.58. The lowest BCUT2D eigenvalue weighted by Crippen LogP contribution is -2.39. The molecule has 0 aliphatic carbocycles. The van der Waals surface area contributed by atoms with Gasteiger partial charge < -0.3 is 18.9 Å². The monoisotopic (exact) mass is 356 g/mol. The molecule has 1 rings (SSSR count). The van der Waals surface area contributed by atoms with E-state index in [9.17, 15) is 9.59 Å². The zero-order valence-electron chi connectivity index (χ0n) is 16.3. The van der Waals surface area contributed by atoms with E-state index in [1.165, 1.54) is 0 Å². The zero-order chi connectivity index (χ0) is 19.3. The Labute approximate surface area is 150 Å². The number of carbonyl (C=O) groups excluding carboxylic acids is 2. The van der Waals surface area contributed by atoms with E-state index in [2.05, 4.69) is 6.58 Å². The minimum Gasteiger partial charge on any atom is -0.465 e. The lowest BCUT2D eigenvalue weighted by atomic mass is 9.97. The van der Waals surface area contributed by atoms with Crippen molar-refractivity contribution in [1.82, 2.24) is 0 Å². The molecule has 144 valence electrons. The number of ether oxygens (including phenoxy) is 4. The van der Waals surface area contributed by atoms with Crippen molar-refractivity contribution in [2.24, 2.45) is 10.8 Å². The molecule has 1 unspecified atom stereocenters. The van der Waals surface area contributed by atoms with Gasteiger partial charge >= 0.3 is 11.9 Å². The number of rotatable bonds is 9. The predicted octanol–water partition coefficient (Wildman–Crippen LogP) is 2.89. The highest BCUT2D eigenvalue weighted by Gasteiger charge is 2.41. The summed E-state index contributed by atoms with van der Waals surface area (Å²) in [6.45, 7) is 15.8. The van der Waals surface area contributed by atoms with Gasteiger partial charge in [0.05, 0.1) is 30.7 Å². The van der Waals surface area contributed by atoms with Gasteiger partial charge in [-0.2, -0.15) is 0 Å². The van der Waals surface area contributed by atoms with Gasteiger partial charge in [0, 0.05) is 6.42 Å². The maximum atomic E-state index is 12.1. The highest BCUT2D eigenvalue weighted by atomic mass is 16.6.